The molecule has 0 radical (unpaired) electrons. The number of nitrogens with zero attached hydrogens (tertiary/aromatic N) is 3. The number of hydrogen-bond acceptors (Lipinski definition) is 3. The van der Waals surface area contributed by atoms with Crippen LogP contribution in [0.5, 0.6) is 0 Å². The summed E-state index contributed by atoms with van der Waals surface area (Å²) in [7, 11) is 2.06. The van der Waals surface area contributed by atoms with Crippen molar-refractivity contribution in [3.05, 3.63) is 119 Å². The summed E-state index contributed by atoms with van der Waals surface area (Å²) in [5.41, 5.74) is 4.74. The molecule has 0 N–H and O–H groups in total. The molecule has 1 aliphatic rings. The number of benzene rings is 2. The van der Waals surface area contributed by atoms with Gasteiger partial charge in [-0.15, -0.1) is 0 Å². The van der Waals surface area contributed by atoms with Crippen molar-refractivity contribution >= 4 is 11.7 Å². The Hall–Kier alpha value is -3.46. The Balaban J connectivity index is 1.75. The van der Waals surface area contributed by atoms with Crippen molar-refractivity contribution in [2.45, 2.75) is 46.2 Å². The Morgan fingerprint density at radius 3 is 2.27 bits per heavy atom. The van der Waals surface area contributed by atoms with Crippen molar-refractivity contribution in [3.63, 3.8) is 0 Å². The van der Waals surface area contributed by atoms with Crippen LogP contribution in [0.1, 0.15) is 43.9 Å². The lowest BCUT2D eigenvalue weighted by atomic mass is 10.1. The van der Waals surface area contributed by atoms with Gasteiger partial charge in [0.05, 0.1) is 0 Å². The second-order valence-electron chi connectivity index (χ2n) is 8.13. The van der Waals surface area contributed by atoms with Gasteiger partial charge in [0.25, 0.3) is 0 Å². The van der Waals surface area contributed by atoms with E-state index in [0.717, 1.165) is 42.1 Å². The predicted octanol–water partition coefficient (Wildman–Crippen LogP) is 6.93. The predicted molar refractivity (Wildman–Crippen MR) is 143 cm³/mol. The van der Waals surface area contributed by atoms with E-state index in [4.69, 9.17) is 9.98 Å². The SMILES string of the molecule is C/C=C(\C=C/Cc1ccccc1)C1=NC(c2ccc(C/C=C\C=C/CC)cc2)=NC(C)N1C. The zero-order chi connectivity index (χ0) is 23.5. The standard InChI is InChI=1S/C30H35N3/c1-5-7-8-9-11-17-26-20-22-28(23-21-26)29-31-24(3)33(4)30(32-29)27(6-2)19-14-18-25-15-12-10-13-16-25/h6-16,19-24H,5,17-18H2,1-4H3/b8-7-,11-9-,19-14-,27-6+. The maximum Gasteiger partial charge on any atom is 0.159 e. The first-order chi connectivity index (χ1) is 16.1. The maximum atomic E-state index is 4.96. The highest BCUT2D eigenvalue weighted by Gasteiger charge is 2.22. The summed E-state index contributed by atoms with van der Waals surface area (Å²) in [4.78, 5) is 11.9. The number of aliphatic imine (C=N–C) groups is 2. The first-order valence-corrected chi connectivity index (χ1v) is 11.8. The minimum Gasteiger partial charge on any atom is -0.337 e. The van der Waals surface area contributed by atoms with Gasteiger partial charge in [0, 0.05) is 18.2 Å². The van der Waals surface area contributed by atoms with Crippen molar-refractivity contribution < 1.29 is 0 Å². The van der Waals surface area contributed by atoms with Crippen LogP contribution in [0.4, 0.5) is 0 Å². The molecule has 0 aromatic heterocycles. The molecule has 1 heterocycles. The van der Waals surface area contributed by atoms with E-state index < -0.39 is 0 Å². The van der Waals surface area contributed by atoms with Crippen molar-refractivity contribution in [1.82, 2.24) is 4.90 Å². The van der Waals surface area contributed by atoms with Gasteiger partial charge in [0.2, 0.25) is 0 Å². The van der Waals surface area contributed by atoms with E-state index in [1.807, 2.05) is 6.07 Å². The van der Waals surface area contributed by atoms with Crippen LogP contribution in [0.25, 0.3) is 0 Å². The third kappa shape index (κ3) is 7.01. The second-order valence-corrected chi connectivity index (χ2v) is 8.13. The summed E-state index contributed by atoms with van der Waals surface area (Å²) in [6.07, 6.45) is 18.0. The van der Waals surface area contributed by atoms with E-state index in [1.165, 1.54) is 11.1 Å². The molecule has 0 amide bonds. The Labute approximate surface area is 199 Å². The van der Waals surface area contributed by atoms with Gasteiger partial charge in [-0.05, 0) is 44.2 Å². The number of likely N-dealkylation sites (N-methyl/N-ethyl adjacent to an activating group) is 1. The Morgan fingerprint density at radius 1 is 0.909 bits per heavy atom. The van der Waals surface area contributed by atoms with E-state index in [9.17, 15) is 0 Å². The molecule has 2 aromatic rings. The summed E-state index contributed by atoms with van der Waals surface area (Å²) in [5.74, 6) is 1.74. The highest BCUT2D eigenvalue weighted by molar-refractivity contribution is 6.13. The molecule has 3 heteroatoms. The van der Waals surface area contributed by atoms with Gasteiger partial charge < -0.3 is 4.90 Å². The van der Waals surface area contributed by atoms with Gasteiger partial charge in [0.15, 0.2) is 5.84 Å². The van der Waals surface area contributed by atoms with Crippen LogP contribution in [0.2, 0.25) is 0 Å². The van der Waals surface area contributed by atoms with Crippen LogP contribution in [-0.2, 0) is 12.8 Å². The van der Waals surface area contributed by atoms with Crippen LogP contribution in [-0.4, -0.2) is 29.8 Å². The van der Waals surface area contributed by atoms with Crippen LogP contribution in [0.3, 0.4) is 0 Å². The average Bonchev–Trinajstić information content (AvgIpc) is 2.85. The quantitative estimate of drug-likeness (QED) is 0.391. The lowest BCUT2D eigenvalue weighted by Gasteiger charge is -2.30. The largest absolute Gasteiger partial charge is 0.337 e. The van der Waals surface area contributed by atoms with E-state index >= 15 is 0 Å². The maximum absolute atomic E-state index is 4.96. The summed E-state index contributed by atoms with van der Waals surface area (Å²) >= 11 is 0. The molecule has 0 fully saturated rings. The van der Waals surface area contributed by atoms with Crippen LogP contribution < -0.4 is 0 Å². The minimum absolute atomic E-state index is 0.0259. The zero-order valence-electron chi connectivity index (χ0n) is 20.3. The fourth-order valence-electron chi connectivity index (χ4n) is 3.58. The smallest absolute Gasteiger partial charge is 0.159 e. The van der Waals surface area contributed by atoms with Gasteiger partial charge in [-0.1, -0.05) is 104 Å². The zero-order valence-corrected chi connectivity index (χ0v) is 20.3. The molecule has 0 spiro atoms. The molecule has 1 atom stereocenters. The highest BCUT2D eigenvalue weighted by Crippen LogP contribution is 2.18. The molecule has 33 heavy (non-hydrogen) atoms. The summed E-state index contributed by atoms with van der Waals surface area (Å²) in [6, 6.07) is 19.1. The third-order valence-electron chi connectivity index (χ3n) is 5.66. The number of allylic oxidation sites excluding steroid dienone is 6. The fourth-order valence-corrected chi connectivity index (χ4v) is 3.58. The Bertz CT molecular complexity index is 1070. The number of amidine groups is 2. The van der Waals surface area contributed by atoms with Gasteiger partial charge in [-0.25, -0.2) is 9.98 Å². The lowest BCUT2D eigenvalue weighted by molar-refractivity contribution is 0.398. The monoisotopic (exact) mass is 437 g/mol. The first-order valence-electron chi connectivity index (χ1n) is 11.8. The average molecular weight is 438 g/mol. The first kappa shape index (κ1) is 24.2. The van der Waals surface area contributed by atoms with Crippen molar-refractivity contribution in [3.8, 4) is 0 Å². The summed E-state index contributed by atoms with van der Waals surface area (Å²) < 4.78 is 0. The van der Waals surface area contributed by atoms with Gasteiger partial charge in [-0.3, -0.25) is 0 Å². The Kier molecular flexibility index (Phi) is 9.19. The normalized spacial score (nSPS) is 17.3. The van der Waals surface area contributed by atoms with Crippen LogP contribution in [0, 0.1) is 0 Å². The molecule has 0 aliphatic carbocycles. The molecule has 0 saturated heterocycles. The molecular weight excluding hydrogens is 402 g/mol. The molecule has 1 aliphatic heterocycles. The molecule has 1 unspecified atom stereocenters. The molecule has 3 rings (SSSR count). The number of hydrogen-bond donors (Lipinski definition) is 0. The van der Waals surface area contributed by atoms with Crippen molar-refractivity contribution in [1.29, 1.82) is 0 Å². The van der Waals surface area contributed by atoms with E-state index in [-0.39, 0.29) is 6.17 Å². The second kappa shape index (κ2) is 12.5. The van der Waals surface area contributed by atoms with E-state index in [2.05, 4.69) is 124 Å². The molecule has 170 valence electrons. The van der Waals surface area contributed by atoms with Gasteiger partial charge in [0.1, 0.15) is 12.0 Å². The summed E-state index contributed by atoms with van der Waals surface area (Å²) in [6.45, 7) is 6.31. The minimum atomic E-state index is 0.0259. The van der Waals surface area contributed by atoms with Crippen LogP contribution >= 0.6 is 0 Å². The van der Waals surface area contributed by atoms with Gasteiger partial charge >= 0.3 is 0 Å². The van der Waals surface area contributed by atoms with Crippen molar-refractivity contribution in [2.24, 2.45) is 9.98 Å². The third-order valence-corrected chi connectivity index (χ3v) is 5.66. The van der Waals surface area contributed by atoms with E-state index in [1.54, 1.807) is 0 Å². The Morgan fingerprint density at radius 2 is 1.58 bits per heavy atom. The van der Waals surface area contributed by atoms with Gasteiger partial charge in [-0.2, -0.15) is 0 Å². The molecular formula is C30H35N3. The summed E-state index contributed by atoms with van der Waals surface area (Å²) in [5, 5.41) is 0. The fraction of sp³-hybridized carbons (Fsp3) is 0.267. The number of rotatable bonds is 9. The lowest BCUT2D eigenvalue weighted by Crippen LogP contribution is -2.39. The highest BCUT2D eigenvalue weighted by atomic mass is 15.3. The molecule has 0 bridgehead atoms. The molecule has 0 saturated carbocycles. The molecule has 2 aromatic carbocycles. The van der Waals surface area contributed by atoms with Crippen LogP contribution in [0.15, 0.2) is 113 Å². The van der Waals surface area contributed by atoms with Crippen molar-refractivity contribution in [2.75, 3.05) is 7.05 Å². The van der Waals surface area contributed by atoms with E-state index in [0.29, 0.717) is 0 Å². The topological polar surface area (TPSA) is 28.0 Å². The molecule has 3 nitrogen and oxygen atoms in total.